The van der Waals surface area contributed by atoms with Crippen molar-refractivity contribution in [3.05, 3.63) is 27.7 Å². The number of fused-ring (bicyclic) bond motifs is 1. The third-order valence-electron chi connectivity index (χ3n) is 4.55. The number of ether oxygens (including phenoxy) is 2. The van der Waals surface area contributed by atoms with Crippen LogP contribution in [0.5, 0.6) is 11.5 Å². The highest BCUT2D eigenvalue weighted by molar-refractivity contribution is 9.10. The molecule has 0 saturated heterocycles. The molecule has 2 aliphatic rings. The molecule has 1 aliphatic heterocycles. The molecule has 0 unspecified atom stereocenters. The maximum atomic E-state index is 12.4. The molecule has 0 aromatic heterocycles. The van der Waals surface area contributed by atoms with E-state index in [-0.39, 0.29) is 24.3 Å². The zero-order valence-electron chi connectivity index (χ0n) is 13.5. The highest BCUT2D eigenvalue weighted by atomic mass is 79.9. The second-order valence-corrected chi connectivity index (χ2v) is 7.10. The molecule has 2 atom stereocenters. The Labute approximate surface area is 149 Å². The van der Waals surface area contributed by atoms with Crippen LogP contribution in [0.1, 0.15) is 38.2 Å². The summed E-state index contributed by atoms with van der Waals surface area (Å²) < 4.78 is 11.4. The Morgan fingerprint density at radius 1 is 1.38 bits per heavy atom. The Morgan fingerprint density at radius 3 is 2.92 bits per heavy atom. The van der Waals surface area contributed by atoms with Crippen LogP contribution in [0.2, 0.25) is 0 Å². The van der Waals surface area contributed by atoms with E-state index in [1.807, 2.05) is 6.07 Å². The number of amides is 1. The quantitative estimate of drug-likeness (QED) is 0.629. The first-order chi connectivity index (χ1) is 11.6. The molecule has 0 radical (unpaired) electrons. The number of hydrogen-bond donors (Lipinski definition) is 1. The Bertz CT molecular complexity index is 724. The van der Waals surface area contributed by atoms with Gasteiger partial charge in [0.2, 0.25) is 6.79 Å². The lowest BCUT2D eigenvalue weighted by molar-refractivity contribution is -0.118. The standard InChI is InChI=1S/C18H19BrN2O3/c1-11-4-2-3-5-15(11)21-18(22)13(9-20)6-12-7-14(19)17-16(8-12)23-10-24-17/h6-8,11,15H,2-5,10H2,1H3,(H,21,22)/b13-6-/t11-,15-/m1/s1. The van der Waals surface area contributed by atoms with Crippen LogP contribution in [-0.2, 0) is 4.79 Å². The van der Waals surface area contributed by atoms with Gasteiger partial charge in [0.1, 0.15) is 11.6 Å². The molecule has 1 N–H and O–H groups in total. The monoisotopic (exact) mass is 390 g/mol. The van der Waals surface area contributed by atoms with E-state index in [4.69, 9.17) is 9.47 Å². The van der Waals surface area contributed by atoms with Crippen molar-refractivity contribution in [2.45, 2.75) is 38.6 Å². The van der Waals surface area contributed by atoms with E-state index in [1.165, 1.54) is 6.42 Å². The molecule has 24 heavy (non-hydrogen) atoms. The summed E-state index contributed by atoms with van der Waals surface area (Å²) in [5.41, 5.74) is 0.813. The maximum Gasteiger partial charge on any atom is 0.262 e. The molecular formula is C18H19BrN2O3. The number of nitriles is 1. The van der Waals surface area contributed by atoms with Gasteiger partial charge in [-0.25, -0.2) is 0 Å². The molecule has 1 aromatic carbocycles. The first kappa shape index (κ1) is 16.8. The fourth-order valence-electron chi connectivity index (χ4n) is 3.16. The van der Waals surface area contributed by atoms with Crippen molar-refractivity contribution in [1.82, 2.24) is 5.32 Å². The summed E-state index contributed by atoms with van der Waals surface area (Å²) in [5, 5.41) is 12.4. The third kappa shape index (κ3) is 3.57. The van der Waals surface area contributed by atoms with E-state index < -0.39 is 0 Å². The lowest BCUT2D eigenvalue weighted by Gasteiger charge is -2.29. The van der Waals surface area contributed by atoms with Crippen molar-refractivity contribution in [2.75, 3.05) is 6.79 Å². The van der Waals surface area contributed by atoms with Crippen LogP contribution < -0.4 is 14.8 Å². The van der Waals surface area contributed by atoms with Crippen LogP contribution in [0.3, 0.4) is 0 Å². The van der Waals surface area contributed by atoms with Crippen molar-refractivity contribution in [3.8, 4) is 17.6 Å². The van der Waals surface area contributed by atoms with Gasteiger partial charge in [-0.15, -0.1) is 0 Å². The fraction of sp³-hybridized carbons (Fsp3) is 0.444. The number of halogens is 1. The zero-order valence-corrected chi connectivity index (χ0v) is 15.1. The molecule has 126 valence electrons. The minimum Gasteiger partial charge on any atom is -0.454 e. The number of nitrogens with one attached hydrogen (secondary N) is 1. The predicted molar refractivity (Wildman–Crippen MR) is 93.4 cm³/mol. The van der Waals surface area contributed by atoms with E-state index in [2.05, 4.69) is 28.2 Å². The van der Waals surface area contributed by atoms with Gasteiger partial charge in [0, 0.05) is 6.04 Å². The number of rotatable bonds is 3. The predicted octanol–water partition coefficient (Wildman–Crippen LogP) is 3.78. The van der Waals surface area contributed by atoms with E-state index in [0.717, 1.165) is 29.3 Å². The van der Waals surface area contributed by atoms with E-state index in [1.54, 1.807) is 18.2 Å². The molecular weight excluding hydrogens is 372 g/mol. The second-order valence-electron chi connectivity index (χ2n) is 6.25. The first-order valence-corrected chi connectivity index (χ1v) is 8.89. The SMILES string of the molecule is C[C@@H]1CCCC[C@H]1NC(=O)/C(C#N)=C\c1cc(Br)c2c(c1)OCO2. The Kier molecular flexibility index (Phi) is 5.10. The van der Waals surface area contributed by atoms with Crippen molar-refractivity contribution in [3.63, 3.8) is 0 Å². The average molecular weight is 391 g/mol. The molecule has 1 amide bonds. The Morgan fingerprint density at radius 2 is 2.17 bits per heavy atom. The van der Waals surface area contributed by atoms with E-state index in [0.29, 0.717) is 17.4 Å². The molecule has 0 bridgehead atoms. The fourth-order valence-corrected chi connectivity index (χ4v) is 3.74. The molecule has 1 fully saturated rings. The number of carbonyl (C=O) groups is 1. The van der Waals surface area contributed by atoms with Gasteiger partial charge in [-0.05, 0) is 58.5 Å². The van der Waals surface area contributed by atoms with Gasteiger partial charge in [0.25, 0.3) is 5.91 Å². The van der Waals surface area contributed by atoms with E-state index >= 15 is 0 Å². The minimum atomic E-state index is -0.315. The number of carbonyl (C=O) groups excluding carboxylic acids is 1. The normalized spacial score (nSPS) is 22.8. The van der Waals surface area contributed by atoms with Crippen molar-refractivity contribution in [1.29, 1.82) is 5.26 Å². The topological polar surface area (TPSA) is 71.4 Å². The van der Waals surface area contributed by atoms with Crippen molar-refractivity contribution in [2.24, 2.45) is 5.92 Å². The van der Waals surface area contributed by atoms with Crippen LogP contribution in [0.25, 0.3) is 6.08 Å². The molecule has 5 nitrogen and oxygen atoms in total. The number of hydrogen-bond acceptors (Lipinski definition) is 4. The van der Waals surface area contributed by atoms with Crippen LogP contribution in [0.4, 0.5) is 0 Å². The molecule has 1 aromatic rings. The van der Waals surface area contributed by atoms with Gasteiger partial charge in [-0.1, -0.05) is 19.8 Å². The average Bonchev–Trinajstić information content (AvgIpc) is 3.03. The molecule has 6 heteroatoms. The molecule has 3 rings (SSSR count). The zero-order chi connectivity index (χ0) is 17.1. The summed E-state index contributed by atoms with van der Waals surface area (Å²) in [6.07, 6.45) is 6.00. The maximum absolute atomic E-state index is 12.4. The van der Waals surface area contributed by atoms with Crippen LogP contribution in [-0.4, -0.2) is 18.7 Å². The largest absolute Gasteiger partial charge is 0.454 e. The Balaban J connectivity index is 1.78. The van der Waals surface area contributed by atoms with Gasteiger partial charge in [-0.2, -0.15) is 5.26 Å². The first-order valence-electron chi connectivity index (χ1n) is 8.10. The second kappa shape index (κ2) is 7.27. The summed E-state index contributed by atoms with van der Waals surface area (Å²) in [7, 11) is 0. The van der Waals surface area contributed by atoms with Gasteiger partial charge in [-0.3, -0.25) is 4.79 Å². The van der Waals surface area contributed by atoms with Crippen LogP contribution in [0, 0.1) is 17.2 Å². The minimum absolute atomic E-state index is 0.0959. The summed E-state index contributed by atoms with van der Waals surface area (Å²) >= 11 is 3.42. The van der Waals surface area contributed by atoms with Gasteiger partial charge < -0.3 is 14.8 Å². The summed E-state index contributed by atoms with van der Waals surface area (Å²) in [6.45, 7) is 2.32. The summed E-state index contributed by atoms with van der Waals surface area (Å²) in [5.74, 6) is 1.38. The molecule has 1 aliphatic carbocycles. The van der Waals surface area contributed by atoms with Gasteiger partial charge in [0.15, 0.2) is 11.5 Å². The smallest absolute Gasteiger partial charge is 0.262 e. The summed E-state index contributed by atoms with van der Waals surface area (Å²) in [6, 6.07) is 5.72. The molecule has 1 heterocycles. The van der Waals surface area contributed by atoms with Gasteiger partial charge in [0.05, 0.1) is 4.47 Å². The van der Waals surface area contributed by atoms with Crippen LogP contribution in [0.15, 0.2) is 22.2 Å². The molecule has 1 saturated carbocycles. The Hall–Kier alpha value is -2.00. The third-order valence-corrected chi connectivity index (χ3v) is 5.14. The highest BCUT2D eigenvalue weighted by Gasteiger charge is 2.24. The van der Waals surface area contributed by atoms with Crippen molar-refractivity contribution < 1.29 is 14.3 Å². The highest BCUT2D eigenvalue weighted by Crippen LogP contribution is 2.40. The van der Waals surface area contributed by atoms with E-state index in [9.17, 15) is 10.1 Å². The lowest BCUT2D eigenvalue weighted by atomic mass is 9.86. The van der Waals surface area contributed by atoms with Crippen LogP contribution >= 0.6 is 15.9 Å². The molecule has 0 spiro atoms. The number of benzene rings is 1. The number of nitrogens with zero attached hydrogens (tertiary/aromatic N) is 1. The summed E-state index contributed by atoms with van der Waals surface area (Å²) in [4.78, 5) is 12.4. The van der Waals surface area contributed by atoms with Gasteiger partial charge >= 0.3 is 0 Å². The van der Waals surface area contributed by atoms with Crippen molar-refractivity contribution >= 4 is 27.9 Å². The lowest BCUT2D eigenvalue weighted by Crippen LogP contribution is -2.41.